The van der Waals surface area contributed by atoms with Gasteiger partial charge in [-0.2, -0.15) is 0 Å². The van der Waals surface area contributed by atoms with Crippen LogP contribution in [0.5, 0.6) is 11.5 Å². The molecule has 0 saturated heterocycles. The summed E-state index contributed by atoms with van der Waals surface area (Å²) < 4.78 is 6.28. The monoisotopic (exact) mass is 722 g/mol. The van der Waals surface area contributed by atoms with Gasteiger partial charge in [0.1, 0.15) is 0 Å². The molecule has 268 valence electrons. The number of ether oxygens (including phenoxy) is 1. The molecule has 0 N–H and O–H groups in total. The van der Waals surface area contributed by atoms with Crippen LogP contribution in [0.4, 0.5) is 17.1 Å². The van der Waals surface area contributed by atoms with E-state index in [2.05, 4.69) is 154 Å². The highest BCUT2D eigenvalue weighted by Gasteiger charge is 2.37. The molecular weight excluding hydrogens is 685 g/mol. The molecule has 56 heavy (non-hydrogen) atoms. The second-order valence-corrected chi connectivity index (χ2v) is 16.1. The normalized spacial score (nSPS) is 14.8. The van der Waals surface area contributed by atoms with E-state index in [0.717, 1.165) is 45.3 Å². The molecule has 0 amide bonds. The van der Waals surface area contributed by atoms with E-state index in [0.29, 0.717) is 17.5 Å². The number of hydrogen-bond acceptors (Lipinski definition) is 5. The van der Waals surface area contributed by atoms with E-state index in [4.69, 9.17) is 19.7 Å². The van der Waals surface area contributed by atoms with Crippen molar-refractivity contribution in [1.82, 2.24) is 15.0 Å². The van der Waals surface area contributed by atoms with E-state index in [1.807, 2.05) is 36.4 Å². The van der Waals surface area contributed by atoms with Crippen LogP contribution in [0, 0.1) is 0 Å². The zero-order valence-corrected chi connectivity index (χ0v) is 31.7. The molecule has 0 bridgehead atoms. The van der Waals surface area contributed by atoms with Crippen LogP contribution in [0.15, 0.2) is 158 Å². The topological polar surface area (TPSA) is 51.1 Å². The summed E-state index contributed by atoms with van der Waals surface area (Å²) in [6.45, 7) is 9.23. The molecule has 0 radical (unpaired) electrons. The Bertz CT molecular complexity index is 2740. The van der Waals surface area contributed by atoms with Crippen molar-refractivity contribution in [1.29, 1.82) is 0 Å². The Morgan fingerprint density at radius 1 is 0.393 bits per heavy atom. The zero-order valence-electron chi connectivity index (χ0n) is 31.7. The van der Waals surface area contributed by atoms with Crippen LogP contribution in [-0.2, 0) is 10.8 Å². The second kappa shape index (κ2) is 11.8. The van der Waals surface area contributed by atoms with Crippen molar-refractivity contribution < 1.29 is 4.74 Å². The van der Waals surface area contributed by atoms with Crippen LogP contribution in [0.2, 0.25) is 0 Å². The van der Waals surface area contributed by atoms with E-state index >= 15 is 0 Å². The van der Waals surface area contributed by atoms with Crippen LogP contribution >= 0.6 is 0 Å². The Kier molecular flexibility index (Phi) is 6.88. The third-order valence-electron chi connectivity index (χ3n) is 12.1. The number of rotatable bonds is 4. The molecule has 1 aliphatic heterocycles. The number of benzene rings is 7. The van der Waals surface area contributed by atoms with E-state index in [9.17, 15) is 0 Å². The van der Waals surface area contributed by atoms with Crippen LogP contribution in [0.25, 0.3) is 56.4 Å². The first-order valence-electron chi connectivity index (χ1n) is 19.3. The number of anilines is 3. The van der Waals surface area contributed by atoms with E-state index in [1.165, 1.54) is 44.5 Å². The lowest BCUT2D eigenvalue weighted by molar-refractivity contribution is 0.477. The Labute approximate surface area is 327 Å². The van der Waals surface area contributed by atoms with Crippen LogP contribution in [-0.4, -0.2) is 15.0 Å². The maximum absolute atomic E-state index is 6.28. The van der Waals surface area contributed by atoms with Crippen molar-refractivity contribution in [2.75, 3.05) is 4.90 Å². The van der Waals surface area contributed by atoms with Crippen LogP contribution in [0.3, 0.4) is 0 Å². The second-order valence-electron chi connectivity index (χ2n) is 16.1. The number of fused-ring (bicyclic) bond motifs is 8. The maximum atomic E-state index is 6.28. The van der Waals surface area contributed by atoms with Gasteiger partial charge in [-0.05, 0) is 105 Å². The van der Waals surface area contributed by atoms with Gasteiger partial charge in [-0.1, -0.05) is 125 Å². The highest BCUT2D eigenvalue weighted by Crippen LogP contribution is 2.52. The first kappa shape index (κ1) is 32.6. The first-order valence-corrected chi connectivity index (χ1v) is 19.3. The van der Waals surface area contributed by atoms with Crippen molar-refractivity contribution in [3.8, 4) is 67.9 Å². The summed E-state index contributed by atoms with van der Waals surface area (Å²) in [5.74, 6) is 3.59. The van der Waals surface area contributed by atoms with Gasteiger partial charge in [0.05, 0.1) is 11.4 Å². The molecule has 3 aliphatic rings. The lowest BCUT2D eigenvalue weighted by Crippen LogP contribution is -2.15. The number of para-hydroxylation sites is 4. The Balaban J connectivity index is 1.05. The Hall–Kier alpha value is -6.85. The summed E-state index contributed by atoms with van der Waals surface area (Å²) in [4.78, 5) is 17.9. The van der Waals surface area contributed by atoms with Crippen molar-refractivity contribution >= 4 is 17.1 Å². The fraction of sp³-hybridized carbons (Fsp3) is 0.118. The van der Waals surface area contributed by atoms with Crippen molar-refractivity contribution in [2.45, 2.75) is 38.5 Å². The lowest BCUT2D eigenvalue weighted by atomic mass is 9.82. The van der Waals surface area contributed by atoms with Crippen LogP contribution in [0.1, 0.15) is 49.9 Å². The number of hydrogen-bond donors (Lipinski definition) is 0. The molecule has 2 aliphatic carbocycles. The summed E-state index contributed by atoms with van der Waals surface area (Å²) in [5, 5.41) is 0. The predicted octanol–water partition coefficient (Wildman–Crippen LogP) is 13.1. The summed E-state index contributed by atoms with van der Waals surface area (Å²) >= 11 is 0. The zero-order chi connectivity index (χ0) is 37.8. The molecule has 7 aromatic carbocycles. The van der Waals surface area contributed by atoms with E-state index < -0.39 is 0 Å². The molecule has 0 fully saturated rings. The molecule has 0 atom stereocenters. The third-order valence-corrected chi connectivity index (χ3v) is 12.1. The molecule has 11 rings (SSSR count). The molecule has 0 unspecified atom stereocenters. The summed E-state index contributed by atoms with van der Waals surface area (Å²) in [5.41, 5.74) is 16.0. The molecule has 0 spiro atoms. The first-order chi connectivity index (χ1) is 27.3. The Morgan fingerprint density at radius 3 is 1.29 bits per heavy atom. The highest BCUT2D eigenvalue weighted by atomic mass is 16.5. The molecule has 1 aromatic heterocycles. The van der Waals surface area contributed by atoms with Gasteiger partial charge < -0.3 is 9.64 Å². The fourth-order valence-corrected chi connectivity index (χ4v) is 9.19. The van der Waals surface area contributed by atoms with Gasteiger partial charge in [0, 0.05) is 33.2 Å². The SMILES string of the molecule is CC1(C)c2ccccc2-c2ccc(-c3nc(-c4ccc(N5c6ccccc6Oc6ccccc65)cc4)nc(-c4ccc5c(c4)C(C)(C)c4ccccc4-5)n3)cc21. The van der Waals surface area contributed by atoms with Gasteiger partial charge in [0.15, 0.2) is 29.0 Å². The van der Waals surface area contributed by atoms with Gasteiger partial charge >= 0.3 is 0 Å². The summed E-state index contributed by atoms with van der Waals surface area (Å²) in [6, 6.07) is 55.7. The third kappa shape index (κ3) is 4.77. The van der Waals surface area contributed by atoms with Crippen molar-refractivity contribution in [3.63, 3.8) is 0 Å². The summed E-state index contributed by atoms with van der Waals surface area (Å²) in [6.07, 6.45) is 0. The predicted molar refractivity (Wildman–Crippen MR) is 226 cm³/mol. The maximum Gasteiger partial charge on any atom is 0.164 e. The molecular formula is C51H38N4O. The largest absolute Gasteiger partial charge is 0.453 e. The van der Waals surface area contributed by atoms with Gasteiger partial charge in [-0.25, -0.2) is 15.0 Å². The lowest BCUT2D eigenvalue weighted by Gasteiger charge is -2.32. The molecule has 8 aromatic rings. The van der Waals surface area contributed by atoms with E-state index in [1.54, 1.807) is 0 Å². The minimum atomic E-state index is -0.145. The number of nitrogens with zero attached hydrogens (tertiary/aromatic N) is 4. The molecule has 5 heteroatoms. The van der Waals surface area contributed by atoms with Gasteiger partial charge in [0.25, 0.3) is 0 Å². The number of aromatic nitrogens is 3. The molecule has 2 heterocycles. The average molecular weight is 723 g/mol. The Morgan fingerprint density at radius 2 is 0.786 bits per heavy atom. The van der Waals surface area contributed by atoms with Gasteiger partial charge in [-0.15, -0.1) is 0 Å². The standard InChI is InChI=1S/C51H38N4O/c1-50(2)39-15-7-5-13-35(39)37-27-23-32(29-41(37)50)48-52-47(53-49(54-48)33-24-28-38-36-14-6-8-16-40(36)51(3,4)42(38)30-33)31-21-25-34(26-22-31)55-43-17-9-11-19-45(43)56-46-20-12-10-18-44(46)55/h5-30H,1-4H3. The highest BCUT2D eigenvalue weighted by molar-refractivity contribution is 5.88. The fourth-order valence-electron chi connectivity index (χ4n) is 9.19. The van der Waals surface area contributed by atoms with Crippen LogP contribution < -0.4 is 9.64 Å². The quantitative estimate of drug-likeness (QED) is 0.181. The minimum absolute atomic E-state index is 0.145. The average Bonchev–Trinajstić information content (AvgIpc) is 3.61. The van der Waals surface area contributed by atoms with Gasteiger partial charge in [-0.3, -0.25) is 0 Å². The van der Waals surface area contributed by atoms with Crippen molar-refractivity contribution in [3.05, 3.63) is 180 Å². The molecule has 5 nitrogen and oxygen atoms in total. The van der Waals surface area contributed by atoms with Gasteiger partial charge in [0.2, 0.25) is 0 Å². The minimum Gasteiger partial charge on any atom is -0.453 e. The van der Waals surface area contributed by atoms with Crippen molar-refractivity contribution in [2.24, 2.45) is 0 Å². The van der Waals surface area contributed by atoms with E-state index in [-0.39, 0.29) is 10.8 Å². The summed E-state index contributed by atoms with van der Waals surface area (Å²) in [7, 11) is 0. The molecule has 0 saturated carbocycles. The smallest absolute Gasteiger partial charge is 0.164 e.